The summed E-state index contributed by atoms with van der Waals surface area (Å²) in [6.45, 7) is 4.10. The number of carbonyl (C=O) groups excluding carboxylic acids is 1. The molecule has 3 atom stereocenters. The monoisotopic (exact) mass is 250 g/mol. The second kappa shape index (κ2) is 5.52. The first-order valence-corrected chi connectivity index (χ1v) is 6.63. The lowest BCUT2D eigenvalue weighted by Gasteiger charge is -2.30. The highest BCUT2D eigenvalue weighted by atomic mass is 16.2. The largest absolute Gasteiger partial charge is 0.357 e. The van der Waals surface area contributed by atoms with Crippen LogP contribution in [0.4, 0.5) is 0 Å². The van der Waals surface area contributed by atoms with Crippen molar-refractivity contribution in [1.82, 2.24) is 20.2 Å². The fourth-order valence-electron chi connectivity index (χ4n) is 2.62. The predicted molar refractivity (Wildman–Crippen MR) is 70.2 cm³/mol. The van der Waals surface area contributed by atoms with Gasteiger partial charge in [0.25, 0.3) is 0 Å². The maximum atomic E-state index is 11.7. The van der Waals surface area contributed by atoms with Crippen LogP contribution < -0.4 is 10.6 Å². The highest BCUT2D eigenvalue weighted by Gasteiger charge is 2.25. The molecule has 1 aliphatic rings. The van der Waals surface area contributed by atoms with Crippen molar-refractivity contribution >= 4 is 5.91 Å². The van der Waals surface area contributed by atoms with Crippen LogP contribution in [0.1, 0.15) is 50.9 Å². The summed E-state index contributed by atoms with van der Waals surface area (Å²) < 4.78 is 1.97. The molecule has 1 aromatic heterocycles. The molecule has 0 aliphatic carbocycles. The van der Waals surface area contributed by atoms with Gasteiger partial charge in [-0.25, -0.2) is 4.98 Å². The molecule has 5 nitrogen and oxygen atoms in total. The molecule has 2 rings (SSSR count). The highest BCUT2D eigenvalue weighted by molar-refractivity contribution is 5.79. The average molecular weight is 250 g/mol. The summed E-state index contributed by atoms with van der Waals surface area (Å²) in [5.41, 5.74) is 1.11. The maximum Gasteiger partial charge on any atom is 0.242 e. The molecule has 5 heteroatoms. The Balaban J connectivity index is 2.19. The Morgan fingerprint density at radius 2 is 2.39 bits per heavy atom. The first-order valence-electron chi connectivity index (χ1n) is 6.63. The summed E-state index contributed by atoms with van der Waals surface area (Å²) in [5, 5.41) is 6.26. The van der Waals surface area contributed by atoms with E-state index in [4.69, 9.17) is 0 Å². The molecule has 3 unspecified atom stereocenters. The van der Waals surface area contributed by atoms with Gasteiger partial charge in [0.15, 0.2) is 0 Å². The van der Waals surface area contributed by atoms with Gasteiger partial charge in [-0.1, -0.05) is 0 Å². The molecule has 1 aliphatic heterocycles. The number of nitrogens with zero attached hydrogens (tertiary/aromatic N) is 2. The molecule has 0 aromatic carbocycles. The van der Waals surface area contributed by atoms with Crippen molar-refractivity contribution in [3.8, 4) is 0 Å². The highest BCUT2D eigenvalue weighted by Crippen LogP contribution is 2.26. The van der Waals surface area contributed by atoms with Crippen molar-refractivity contribution in [3.05, 3.63) is 18.2 Å². The van der Waals surface area contributed by atoms with Crippen LogP contribution in [0.5, 0.6) is 0 Å². The number of carbonyl (C=O) groups is 1. The number of amides is 1. The van der Waals surface area contributed by atoms with E-state index >= 15 is 0 Å². The summed E-state index contributed by atoms with van der Waals surface area (Å²) in [6, 6.07) is 0.622. The first kappa shape index (κ1) is 13.1. The van der Waals surface area contributed by atoms with Gasteiger partial charge < -0.3 is 15.2 Å². The Hall–Kier alpha value is -1.36. The standard InChI is InChI=1S/C13H22N4O/c1-9-5-4-6-11(16-9)12-7-15-8-17(12)10(2)13(18)14-3/h7-11,16H,4-6H2,1-3H3,(H,14,18). The van der Waals surface area contributed by atoms with Crippen molar-refractivity contribution in [2.45, 2.75) is 51.2 Å². The van der Waals surface area contributed by atoms with E-state index in [2.05, 4.69) is 22.5 Å². The third-order valence-electron chi connectivity index (χ3n) is 3.71. The molecule has 0 bridgehead atoms. The maximum absolute atomic E-state index is 11.7. The van der Waals surface area contributed by atoms with Gasteiger partial charge in [0.2, 0.25) is 5.91 Å². The number of rotatable bonds is 3. The Bertz CT molecular complexity index is 415. The molecule has 2 heterocycles. The third kappa shape index (κ3) is 2.56. The van der Waals surface area contributed by atoms with E-state index in [-0.39, 0.29) is 11.9 Å². The summed E-state index contributed by atoms with van der Waals surface area (Å²) in [6.07, 6.45) is 7.16. The molecule has 1 fully saturated rings. The van der Waals surface area contributed by atoms with Gasteiger partial charge in [0.05, 0.1) is 12.0 Å². The fraction of sp³-hybridized carbons (Fsp3) is 0.692. The van der Waals surface area contributed by atoms with Crippen molar-refractivity contribution in [2.75, 3.05) is 7.05 Å². The molecule has 100 valence electrons. The number of piperidine rings is 1. The predicted octanol–water partition coefficient (Wildman–Crippen LogP) is 1.39. The number of imidazole rings is 1. The third-order valence-corrected chi connectivity index (χ3v) is 3.71. The van der Waals surface area contributed by atoms with Gasteiger partial charge in [0, 0.05) is 25.3 Å². The molecule has 1 amide bonds. The molecular formula is C13H22N4O. The second-order valence-electron chi connectivity index (χ2n) is 5.07. The van der Waals surface area contributed by atoms with Gasteiger partial charge in [-0.05, 0) is 33.1 Å². The fourth-order valence-corrected chi connectivity index (χ4v) is 2.62. The molecule has 1 aromatic rings. The normalized spacial score (nSPS) is 25.7. The van der Waals surface area contributed by atoms with Crippen LogP contribution in [0, 0.1) is 0 Å². The minimum Gasteiger partial charge on any atom is -0.357 e. The molecule has 2 N–H and O–H groups in total. The van der Waals surface area contributed by atoms with E-state index in [1.54, 1.807) is 13.4 Å². The lowest BCUT2D eigenvalue weighted by molar-refractivity contribution is -0.123. The van der Waals surface area contributed by atoms with Crippen LogP contribution in [-0.2, 0) is 4.79 Å². The summed E-state index contributed by atoms with van der Waals surface area (Å²) in [7, 11) is 1.66. The molecule has 18 heavy (non-hydrogen) atoms. The van der Waals surface area contributed by atoms with Gasteiger partial charge in [-0.3, -0.25) is 4.79 Å². The number of hydrogen-bond donors (Lipinski definition) is 2. The van der Waals surface area contributed by atoms with Gasteiger partial charge in [-0.2, -0.15) is 0 Å². The van der Waals surface area contributed by atoms with Crippen LogP contribution in [0.2, 0.25) is 0 Å². The molecule has 0 spiro atoms. The van der Waals surface area contributed by atoms with E-state index in [1.165, 1.54) is 12.8 Å². The minimum atomic E-state index is -0.216. The van der Waals surface area contributed by atoms with Crippen molar-refractivity contribution in [3.63, 3.8) is 0 Å². The van der Waals surface area contributed by atoms with Crippen molar-refractivity contribution < 1.29 is 4.79 Å². The van der Waals surface area contributed by atoms with Crippen LogP contribution in [0.25, 0.3) is 0 Å². The van der Waals surface area contributed by atoms with E-state index in [9.17, 15) is 4.79 Å². The summed E-state index contributed by atoms with van der Waals surface area (Å²) in [5.74, 6) is 0.0121. The van der Waals surface area contributed by atoms with E-state index in [1.807, 2.05) is 17.7 Å². The number of nitrogens with one attached hydrogen (secondary N) is 2. The lowest BCUT2D eigenvalue weighted by atomic mass is 9.97. The zero-order valence-electron chi connectivity index (χ0n) is 11.3. The van der Waals surface area contributed by atoms with Crippen molar-refractivity contribution in [1.29, 1.82) is 0 Å². The number of likely N-dealkylation sites (N-methyl/N-ethyl adjacent to an activating group) is 1. The van der Waals surface area contributed by atoms with Crippen LogP contribution >= 0.6 is 0 Å². The molecular weight excluding hydrogens is 228 g/mol. The van der Waals surface area contributed by atoms with Gasteiger partial charge in [-0.15, -0.1) is 0 Å². The van der Waals surface area contributed by atoms with E-state index < -0.39 is 0 Å². The van der Waals surface area contributed by atoms with Crippen molar-refractivity contribution in [2.24, 2.45) is 0 Å². The average Bonchev–Trinajstić information content (AvgIpc) is 2.86. The second-order valence-corrected chi connectivity index (χ2v) is 5.07. The number of hydrogen-bond acceptors (Lipinski definition) is 3. The zero-order chi connectivity index (χ0) is 13.1. The molecule has 0 radical (unpaired) electrons. The summed E-state index contributed by atoms with van der Waals surface area (Å²) in [4.78, 5) is 15.9. The topological polar surface area (TPSA) is 59.0 Å². The SMILES string of the molecule is CNC(=O)C(C)n1cncc1C1CCCC(C)N1. The quantitative estimate of drug-likeness (QED) is 0.852. The van der Waals surface area contributed by atoms with Gasteiger partial charge >= 0.3 is 0 Å². The summed E-state index contributed by atoms with van der Waals surface area (Å²) >= 11 is 0. The Labute approximate surface area is 108 Å². The molecule has 0 saturated carbocycles. The van der Waals surface area contributed by atoms with Crippen LogP contribution in [-0.4, -0.2) is 28.5 Å². The Morgan fingerprint density at radius 1 is 1.61 bits per heavy atom. The Kier molecular flexibility index (Phi) is 4.01. The number of aromatic nitrogens is 2. The molecule has 1 saturated heterocycles. The van der Waals surface area contributed by atoms with Crippen LogP contribution in [0.3, 0.4) is 0 Å². The lowest BCUT2D eigenvalue weighted by Crippen LogP contribution is -2.37. The van der Waals surface area contributed by atoms with Gasteiger partial charge in [0.1, 0.15) is 6.04 Å². The zero-order valence-corrected chi connectivity index (χ0v) is 11.3. The Morgan fingerprint density at radius 3 is 3.06 bits per heavy atom. The first-order chi connectivity index (χ1) is 8.63. The van der Waals surface area contributed by atoms with E-state index in [0.717, 1.165) is 12.1 Å². The van der Waals surface area contributed by atoms with Crippen LogP contribution in [0.15, 0.2) is 12.5 Å². The minimum absolute atomic E-state index is 0.0121. The smallest absolute Gasteiger partial charge is 0.242 e. The van der Waals surface area contributed by atoms with E-state index in [0.29, 0.717) is 12.1 Å².